The van der Waals surface area contributed by atoms with Crippen molar-refractivity contribution >= 4 is 5.69 Å². The zero-order chi connectivity index (χ0) is 21.3. The molecule has 1 N–H and O–H groups in total. The van der Waals surface area contributed by atoms with Crippen molar-refractivity contribution < 1.29 is 5.11 Å². The summed E-state index contributed by atoms with van der Waals surface area (Å²) >= 11 is 0. The maximum atomic E-state index is 10.9. The number of phenolic OH excluding ortho intramolecular Hbond substituents is 1. The minimum Gasteiger partial charge on any atom is -0.508 e. The average Bonchev–Trinajstić information content (AvgIpc) is 2.67. The SMILES string of the molecule is CC(C)(C)CC(C)(C)C1CCC(c2ccc(O)cc2)(c2ccc(N=O)cc2)CC1. The number of nitroso groups, excluding NO2 is 1. The maximum Gasteiger partial charge on any atom is 0.115 e. The van der Waals surface area contributed by atoms with E-state index in [1.165, 1.54) is 30.4 Å². The van der Waals surface area contributed by atoms with Crippen LogP contribution in [0.2, 0.25) is 0 Å². The molecule has 3 rings (SSSR count). The minimum atomic E-state index is -0.0799. The molecular weight excluding hydrogens is 358 g/mol. The molecule has 3 heteroatoms. The summed E-state index contributed by atoms with van der Waals surface area (Å²) in [5, 5.41) is 12.8. The Morgan fingerprint density at radius 3 is 1.83 bits per heavy atom. The molecule has 2 aromatic rings. The molecule has 0 heterocycles. The van der Waals surface area contributed by atoms with Crippen molar-refractivity contribution in [3.8, 4) is 5.75 Å². The molecular formula is C26H35NO2. The molecule has 0 unspecified atom stereocenters. The van der Waals surface area contributed by atoms with Crippen molar-refractivity contribution in [3.63, 3.8) is 0 Å². The van der Waals surface area contributed by atoms with Gasteiger partial charge in [0, 0.05) is 5.41 Å². The highest BCUT2D eigenvalue weighted by atomic mass is 16.3. The van der Waals surface area contributed by atoms with Crippen molar-refractivity contribution in [3.05, 3.63) is 64.6 Å². The summed E-state index contributed by atoms with van der Waals surface area (Å²) in [7, 11) is 0. The van der Waals surface area contributed by atoms with Gasteiger partial charge < -0.3 is 5.11 Å². The number of hydrogen-bond donors (Lipinski definition) is 1. The number of phenols is 1. The van der Waals surface area contributed by atoms with Gasteiger partial charge in [-0.05, 0) is 89.4 Å². The third kappa shape index (κ3) is 4.71. The van der Waals surface area contributed by atoms with Crippen LogP contribution in [0.25, 0.3) is 0 Å². The van der Waals surface area contributed by atoms with Crippen LogP contribution >= 0.6 is 0 Å². The first kappa shape index (κ1) is 21.5. The first-order chi connectivity index (χ1) is 13.6. The van der Waals surface area contributed by atoms with Gasteiger partial charge in [0.05, 0.1) is 0 Å². The van der Waals surface area contributed by atoms with Crippen LogP contribution < -0.4 is 0 Å². The summed E-state index contributed by atoms with van der Waals surface area (Å²) in [6.45, 7) is 11.9. The summed E-state index contributed by atoms with van der Waals surface area (Å²) in [5.74, 6) is 0.993. The number of benzene rings is 2. The normalized spacial score (nSPS) is 23.0. The van der Waals surface area contributed by atoms with Crippen LogP contribution in [0.4, 0.5) is 5.69 Å². The Morgan fingerprint density at radius 2 is 1.38 bits per heavy atom. The summed E-state index contributed by atoms with van der Waals surface area (Å²) in [6, 6.07) is 15.4. The van der Waals surface area contributed by atoms with E-state index in [0.29, 0.717) is 28.2 Å². The second-order valence-corrected chi connectivity index (χ2v) is 10.8. The monoisotopic (exact) mass is 393 g/mol. The smallest absolute Gasteiger partial charge is 0.115 e. The fourth-order valence-electron chi connectivity index (χ4n) is 5.77. The highest BCUT2D eigenvalue weighted by Crippen LogP contribution is 2.52. The lowest BCUT2D eigenvalue weighted by molar-refractivity contribution is 0.0833. The topological polar surface area (TPSA) is 49.7 Å². The summed E-state index contributed by atoms with van der Waals surface area (Å²) in [5.41, 5.74) is 3.51. The molecule has 2 aromatic carbocycles. The lowest BCUT2D eigenvalue weighted by atomic mass is 9.57. The first-order valence-corrected chi connectivity index (χ1v) is 10.8. The van der Waals surface area contributed by atoms with Gasteiger partial charge in [-0.2, -0.15) is 0 Å². The molecule has 1 aliphatic carbocycles. The van der Waals surface area contributed by atoms with Crippen LogP contribution in [0, 0.1) is 21.7 Å². The highest BCUT2D eigenvalue weighted by Gasteiger charge is 2.43. The Balaban J connectivity index is 1.92. The fraction of sp³-hybridized carbons (Fsp3) is 0.538. The largest absolute Gasteiger partial charge is 0.508 e. The van der Waals surface area contributed by atoms with E-state index in [1.807, 2.05) is 12.1 Å². The van der Waals surface area contributed by atoms with Crippen LogP contribution in [0.15, 0.2) is 53.7 Å². The van der Waals surface area contributed by atoms with Crippen LogP contribution in [0.1, 0.15) is 77.8 Å². The van der Waals surface area contributed by atoms with Crippen LogP contribution in [0.3, 0.4) is 0 Å². The van der Waals surface area contributed by atoms with Gasteiger partial charge in [-0.25, -0.2) is 0 Å². The Bertz CT molecular complexity index is 821. The Morgan fingerprint density at radius 1 is 0.897 bits per heavy atom. The van der Waals surface area contributed by atoms with Crippen molar-refractivity contribution in [2.75, 3.05) is 0 Å². The molecule has 1 fully saturated rings. The minimum absolute atomic E-state index is 0.0799. The third-order valence-electron chi connectivity index (χ3n) is 6.88. The van der Waals surface area contributed by atoms with Gasteiger partial charge in [-0.15, -0.1) is 4.91 Å². The summed E-state index contributed by atoms with van der Waals surface area (Å²) in [4.78, 5) is 10.9. The van der Waals surface area contributed by atoms with Gasteiger partial charge in [0.1, 0.15) is 11.4 Å². The molecule has 0 aromatic heterocycles. The van der Waals surface area contributed by atoms with E-state index in [2.05, 4.69) is 64.1 Å². The van der Waals surface area contributed by atoms with E-state index >= 15 is 0 Å². The van der Waals surface area contributed by atoms with E-state index in [-0.39, 0.29) is 5.41 Å². The van der Waals surface area contributed by atoms with E-state index in [9.17, 15) is 10.0 Å². The molecule has 0 bridgehead atoms. The van der Waals surface area contributed by atoms with Gasteiger partial charge in [0.2, 0.25) is 0 Å². The van der Waals surface area contributed by atoms with Crippen molar-refractivity contribution in [1.82, 2.24) is 0 Å². The second-order valence-electron chi connectivity index (χ2n) is 10.8. The van der Waals surface area contributed by atoms with Crippen LogP contribution in [-0.4, -0.2) is 5.11 Å². The molecule has 0 radical (unpaired) electrons. The van der Waals surface area contributed by atoms with Gasteiger partial charge in [0.25, 0.3) is 0 Å². The molecule has 0 amide bonds. The molecule has 3 nitrogen and oxygen atoms in total. The van der Waals surface area contributed by atoms with Crippen LogP contribution in [-0.2, 0) is 5.41 Å². The fourth-order valence-corrected chi connectivity index (χ4v) is 5.77. The Kier molecular flexibility index (Phi) is 5.89. The standard InChI is InChI=1S/C26H35NO2/c1-24(2,3)18-25(4,5)19-14-16-26(17-15-19,21-8-12-23(28)13-9-21)20-6-10-22(27-29)11-7-20/h6-13,19,28H,14-18H2,1-5H3. The summed E-state index contributed by atoms with van der Waals surface area (Å²) in [6.07, 6.45) is 5.72. The van der Waals surface area contributed by atoms with E-state index < -0.39 is 0 Å². The van der Waals surface area contributed by atoms with Crippen molar-refractivity contribution in [1.29, 1.82) is 0 Å². The van der Waals surface area contributed by atoms with E-state index in [1.54, 1.807) is 12.1 Å². The molecule has 1 aliphatic rings. The quantitative estimate of drug-likeness (QED) is 0.528. The highest BCUT2D eigenvalue weighted by molar-refractivity contribution is 5.46. The molecule has 0 saturated heterocycles. The Hall–Kier alpha value is -2.16. The number of nitrogens with zero attached hydrogens (tertiary/aromatic N) is 1. The molecule has 0 atom stereocenters. The van der Waals surface area contributed by atoms with E-state index in [0.717, 1.165) is 12.8 Å². The predicted molar refractivity (Wildman–Crippen MR) is 121 cm³/mol. The van der Waals surface area contributed by atoms with Gasteiger partial charge in [0.15, 0.2) is 0 Å². The zero-order valence-electron chi connectivity index (χ0n) is 18.5. The van der Waals surface area contributed by atoms with Gasteiger partial charge >= 0.3 is 0 Å². The Labute approximate surface area is 175 Å². The molecule has 1 saturated carbocycles. The second kappa shape index (κ2) is 7.93. The lowest BCUT2D eigenvalue weighted by Crippen LogP contribution is -2.38. The number of aromatic hydroxyl groups is 1. The maximum absolute atomic E-state index is 10.9. The molecule has 0 aliphatic heterocycles. The number of hydrogen-bond acceptors (Lipinski definition) is 3. The summed E-state index contributed by atoms with van der Waals surface area (Å²) < 4.78 is 0. The molecule has 29 heavy (non-hydrogen) atoms. The predicted octanol–water partition coefficient (Wildman–Crippen LogP) is 7.73. The van der Waals surface area contributed by atoms with Gasteiger partial charge in [-0.1, -0.05) is 58.9 Å². The van der Waals surface area contributed by atoms with Gasteiger partial charge in [-0.3, -0.25) is 0 Å². The van der Waals surface area contributed by atoms with E-state index in [4.69, 9.17) is 0 Å². The van der Waals surface area contributed by atoms with Crippen molar-refractivity contribution in [2.24, 2.45) is 21.9 Å². The lowest BCUT2D eigenvalue weighted by Gasteiger charge is -2.47. The van der Waals surface area contributed by atoms with Crippen LogP contribution in [0.5, 0.6) is 5.75 Å². The molecule has 156 valence electrons. The molecule has 0 spiro atoms. The number of rotatable bonds is 5. The third-order valence-corrected chi connectivity index (χ3v) is 6.88. The first-order valence-electron chi connectivity index (χ1n) is 10.8. The zero-order valence-corrected chi connectivity index (χ0v) is 18.5. The van der Waals surface area contributed by atoms with Crippen molar-refractivity contribution in [2.45, 2.75) is 72.1 Å². The average molecular weight is 394 g/mol.